The number of rotatable bonds is 4. The fourth-order valence-electron chi connectivity index (χ4n) is 2.72. The lowest BCUT2D eigenvalue weighted by atomic mass is 10.1. The van der Waals surface area contributed by atoms with E-state index in [1.165, 1.54) is 13.2 Å². The molecule has 1 saturated heterocycles. The maximum absolute atomic E-state index is 13.1. The number of anilines is 1. The van der Waals surface area contributed by atoms with Crippen molar-refractivity contribution >= 4 is 23.0 Å². The molecule has 0 amide bonds. The largest absolute Gasteiger partial charge is 0.465 e. The maximum atomic E-state index is 13.1. The van der Waals surface area contributed by atoms with Crippen LogP contribution in [0.5, 0.6) is 11.5 Å². The Morgan fingerprint density at radius 3 is 2.52 bits per heavy atom. The fourth-order valence-corrected chi connectivity index (χ4v) is 3.46. The van der Waals surface area contributed by atoms with Crippen LogP contribution >= 0.6 is 11.3 Å². The minimum absolute atomic E-state index is 0.273. The van der Waals surface area contributed by atoms with E-state index in [1.807, 2.05) is 4.90 Å². The van der Waals surface area contributed by atoms with Crippen LogP contribution in [-0.2, 0) is 10.9 Å². The minimum atomic E-state index is -4.42. The van der Waals surface area contributed by atoms with Crippen LogP contribution in [0.25, 0.3) is 0 Å². The first kappa shape index (κ1) is 17.6. The van der Waals surface area contributed by atoms with Crippen molar-refractivity contribution in [2.24, 2.45) is 0 Å². The van der Waals surface area contributed by atoms with E-state index in [1.54, 1.807) is 11.4 Å². The second-order valence-electron chi connectivity index (χ2n) is 5.58. The molecule has 2 heterocycles. The Bertz CT molecular complexity index is 767. The molecule has 4 nitrogen and oxygen atoms in total. The molecule has 25 heavy (non-hydrogen) atoms. The van der Waals surface area contributed by atoms with Gasteiger partial charge in [-0.05, 0) is 42.5 Å². The van der Waals surface area contributed by atoms with Crippen LogP contribution in [0.3, 0.4) is 0 Å². The molecule has 0 spiro atoms. The monoisotopic (exact) mass is 371 g/mol. The summed E-state index contributed by atoms with van der Waals surface area (Å²) in [5.41, 5.74) is -0.338. The Morgan fingerprint density at radius 1 is 1.16 bits per heavy atom. The molecule has 0 bridgehead atoms. The van der Waals surface area contributed by atoms with E-state index in [4.69, 9.17) is 9.47 Å². The fraction of sp³-hybridized carbons (Fsp3) is 0.353. The van der Waals surface area contributed by atoms with Gasteiger partial charge in [-0.1, -0.05) is 0 Å². The Morgan fingerprint density at radius 2 is 1.88 bits per heavy atom. The summed E-state index contributed by atoms with van der Waals surface area (Å²) in [7, 11) is 1.26. The van der Waals surface area contributed by atoms with Crippen molar-refractivity contribution in [2.75, 3.05) is 25.1 Å². The first-order valence-corrected chi connectivity index (χ1v) is 8.58. The van der Waals surface area contributed by atoms with Gasteiger partial charge >= 0.3 is 12.1 Å². The first-order valence-electron chi connectivity index (χ1n) is 7.70. The van der Waals surface area contributed by atoms with Gasteiger partial charge in [0, 0.05) is 13.1 Å². The third kappa shape index (κ3) is 3.73. The number of esters is 1. The SMILES string of the molecule is COC(=O)c1sccc1Oc1ccc(C(F)(F)F)cc1N1CCCC1. The number of halogens is 3. The molecule has 0 aliphatic carbocycles. The van der Waals surface area contributed by atoms with Crippen molar-refractivity contribution in [3.05, 3.63) is 40.1 Å². The summed E-state index contributed by atoms with van der Waals surface area (Å²) >= 11 is 1.15. The van der Waals surface area contributed by atoms with E-state index < -0.39 is 17.7 Å². The van der Waals surface area contributed by atoms with Crippen LogP contribution in [0, 0.1) is 0 Å². The Balaban J connectivity index is 1.98. The zero-order valence-electron chi connectivity index (χ0n) is 13.4. The molecule has 3 rings (SSSR count). The summed E-state index contributed by atoms with van der Waals surface area (Å²) in [5.74, 6) is 0.0233. The summed E-state index contributed by atoms with van der Waals surface area (Å²) in [6, 6.07) is 4.99. The Labute approximate surface area is 146 Å². The average molecular weight is 371 g/mol. The molecule has 0 saturated carbocycles. The molecule has 8 heteroatoms. The zero-order chi connectivity index (χ0) is 18.0. The van der Waals surface area contributed by atoms with Crippen LogP contribution in [0.4, 0.5) is 18.9 Å². The van der Waals surface area contributed by atoms with Gasteiger partial charge in [-0.25, -0.2) is 4.79 Å². The molecule has 2 aromatic rings. The van der Waals surface area contributed by atoms with Gasteiger partial charge in [0.15, 0.2) is 16.4 Å². The molecule has 0 N–H and O–H groups in total. The summed E-state index contributed by atoms with van der Waals surface area (Å²) in [4.78, 5) is 13.9. The van der Waals surface area contributed by atoms with Crippen LogP contribution in [0.15, 0.2) is 29.6 Å². The summed E-state index contributed by atoms with van der Waals surface area (Å²) in [5, 5.41) is 1.67. The van der Waals surface area contributed by atoms with Crippen molar-refractivity contribution in [1.29, 1.82) is 0 Å². The van der Waals surface area contributed by atoms with Crippen LogP contribution in [-0.4, -0.2) is 26.2 Å². The van der Waals surface area contributed by atoms with E-state index in [0.29, 0.717) is 24.5 Å². The van der Waals surface area contributed by atoms with E-state index in [9.17, 15) is 18.0 Å². The van der Waals surface area contributed by atoms with Gasteiger partial charge in [0.2, 0.25) is 0 Å². The number of hydrogen-bond donors (Lipinski definition) is 0. The number of nitrogens with zero attached hydrogens (tertiary/aromatic N) is 1. The lowest BCUT2D eigenvalue weighted by Crippen LogP contribution is -2.19. The predicted molar refractivity (Wildman–Crippen MR) is 88.6 cm³/mol. The second-order valence-corrected chi connectivity index (χ2v) is 6.50. The molecule has 0 radical (unpaired) electrons. The number of ether oxygens (including phenoxy) is 2. The highest BCUT2D eigenvalue weighted by Gasteiger charge is 2.32. The van der Waals surface area contributed by atoms with Crippen LogP contribution < -0.4 is 9.64 Å². The standard InChI is InChI=1S/C17H16F3NO3S/c1-23-16(22)15-14(6-9-25-15)24-13-5-4-11(17(18,19)20)10-12(13)21-7-2-3-8-21/h4-6,9-10H,2-3,7-8H2,1H3. The van der Waals surface area contributed by atoms with E-state index in [-0.39, 0.29) is 10.6 Å². The van der Waals surface area contributed by atoms with Crippen molar-refractivity contribution in [1.82, 2.24) is 0 Å². The Hall–Kier alpha value is -2.22. The van der Waals surface area contributed by atoms with Gasteiger partial charge in [-0.2, -0.15) is 13.2 Å². The molecule has 134 valence electrons. The number of hydrogen-bond acceptors (Lipinski definition) is 5. The highest BCUT2D eigenvalue weighted by atomic mass is 32.1. The molecular weight excluding hydrogens is 355 g/mol. The number of methoxy groups -OCH3 is 1. The van der Waals surface area contributed by atoms with Gasteiger partial charge in [-0.15, -0.1) is 11.3 Å². The summed E-state index contributed by atoms with van der Waals surface area (Å²) in [6.07, 6.45) is -2.59. The van der Waals surface area contributed by atoms with E-state index in [2.05, 4.69) is 0 Å². The molecular formula is C17H16F3NO3S. The molecule has 1 aliphatic heterocycles. The Kier molecular flexibility index (Phi) is 4.89. The lowest BCUT2D eigenvalue weighted by Gasteiger charge is -2.22. The van der Waals surface area contributed by atoms with E-state index >= 15 is 0 Å². The van der Waals surface area contributed by atoms with Gasteiger partial charge in [0.25, 0.3) is 0 Å². The number of benzene rings is 1. The smallest absolute Gasteiger partial charge is 0.416 e. The third-order valence-corrected chi connectivity index (χ3v) is 4.83. The van der Waals surface area contributed by atoms with Gasteiger partial charge in [0.1, 0.15) is 0 Å². The number of thiophene rings is 1. The highest BCUT2D eigenvalue weighted by Crippen LogP contribution is 2.41. The molecule has 1 fully saturated rings. The molecule has 1 aromatic heterocycles. The van der Waals surface area contributed by atoms with Crippen molar-refractivity contribution in [3.63, 3.8) is 0 Å². The topological polar surface area (TPSA) is 38.8 Å². The molecule has 1 aliphatic rings. The normalized spacial score (nSPS) is 14.6. The molecule has 0 atom stereocenters. The average Bonchev–Trinajstić information content (AvgIpc) is 3.25. The second kappa shape index (κ2) is 6.95. The lowest BCUT2D eigenvalue weighted by molar-refractivity contribution is -0.137. The van der Waals surface area contributed by atoms with Crippen LogP contribution in [0.2, 0.25) is 0 Å². The number of carbonyl (C=O) groups excluding carboxylic acids is 1. The predicted octanol–water partition coefficient (Wildman–Crippen LogP) is 4.95. The highest BCUT2D eigenvalue weighted by molar-refractivity contribution is 7.12. The molecule has 0 unspecified atom stereocenters. The number of alkyl halides is 3. The third-order valence-electron chi connectivity index (χ3n) is 3.95. The van der Waals surface area contributed by atoms with Crippen molar-refractivity contribution in [3.8, 4) is 11.5 Å². The minimum Gasteiger partial charge on any atom is -0.465 e. The summed E-state index contributed by atoms with van der Waals surface area (Å²) in [6.45, 7) is 1.34. The quantitative estimate of drug-likeness (QED) is 0.713. The van der Waals surface area contributed by atoms with E-state index in [0.717, 1.165) is 36.3 Å². The summed E-state index contributed by atoms with van der Waals surface area (Å²) < 4.78 is 49.7. The number of carbonyl (C=O) groups is 1. The van der Waals surface area contributed by atoms with Crippen molar-refractivity contribution in [2.45, 2.75) is 19.0 Å². The van der Waals surface area contributed by atoms with Gasteiger partial charge < -0.3 is 14.4 Å². The van der Waals surface area contributed by atoms with Gasteiger partial charge in [0.05, 0.1) is 18.4 Å². The molecule has 1 aromatic carbocycles. The first-order chi connectivity index (χ1) is 11.9. The maximum Gasteiger partial charge on any atom is 0.416 e. The van der Waals surface area contributed by atoms with Gasteiger partial charge in [-0.3, -0.25) is 0 Å². The van der Waals surface area contributed by atoms with Crippen molar-refractivity contribution < 1.29 is 27.4 Å². The zero-order valence-corrected chi connectivity index (χ0v) is 14.2. The van der Waals surface area contributed by atoms with Crippen LogP contribution in [0.1, 0.15) is 28.1 Å².